The molecule has 4 nitrogen and oxygen atoms in total. The third kappa shape index (κ3) is 8.56. The zero-order valence-electron chi connectivity index (χ0n) is 25.0. The van der Waals surface area contributed by atoms with E-state index in [4.69, 9.17) is 0 Å². The molecule has 0 amide bonds. The molecule has 4 N–H and O–H groups in total. The molecule has 218 valence electrons. The van der Waals surface area contributed by atoms with E-state index in [0.717, 1.165) is 119 Å². The summed E-state index contributed by atoms with van der Waals surface area (Å²) in [5.74, 6) is 1.89. The van der Waals surface area contributed by atoms with Gasteiger partial charge in [0.25, 0.3) is 0 Å². The Balaban J connectivity index is 1.84. The minimum atomic E-state index is 0.164. The van der Waals surface area contributed by atoms with E-state index in [9.17, 15) is 20.4 Å². The van der Waals surface area contributed by atoms with Gasteiger partial charge in [-0.1, -0.05) is 85.5 Å². The first-order valence-corrected chi connectivity index (χ1v) is 15.9. The Hall–Kier alpha value is -2.36. The SMILES string of the molecule is CCCC[C@H]1CCCCC[C@@H](C)c2cc(O)c(c(O)c2)[C@@H](CCC)CCCCC[C@@H](C)c2cc(O)c1c(O)c2. The fourth-order valence-corrected chi connectivity index (χ4v) is 6.73. The summed E-state index contributed by atoms with van der Waals surface area (Å²) in [4.78, 5) is 0. The molecule has 4 aliphatic rings. The summed E-state index contributed by atoms with van der Waals surface area (Å²) >= 11 is 0. The van der Waals surface area contributed by atoms with Crippen LogP contribution in [0.3, 0.4) is 0 Å². The molecule has 0 aromatic heterocycles. The van der Waals surface area contributed by atoms with Gasteiger partial charge in [-0.2, -0.15) is 0 Å². The predicted octanol–water partition coefficient (Wildman–Crippen LogP) is 10.5. The molecule has 4 bridgehead atoms. The topological polar surface area (TPSA) is 80.9 Å². The average Bonchev–Trinajstić information content (AvgIpc) is 2.89. The van der Waals surface area contributed by atoms with Crippen molar-refractivity contribution in [2.45, 2.75) is 148 Å². The van der Waals surface area contributed by atoms with Gasteiger partial charge in [0.05, 0.1) is 0 Å². The van der Waals surface area contributed by atoms with Gasteiger partial charge in [0.15, 0.2) is 0 Å². The van der Waals surface area contributed by atoms with Crippen molar-refractivity contribution < 1.29 is 20.4 Å². The quantitative estimate of drug-likeness (QED) is 0.305. The van der Waals surface area contributed by atoms with Crippen LogP contribution >= 0.6 is 0 Å². The summed E-state index contributed by atoms with van der Waals surface area (Å²) in [6.45, 7) is 8.71. The van der Waals surface area contributed by atoms with Crippen LogP contribution in [-0.2, 0) is 0 Å². The van der Waals surface area contributed by atoms with Crippen molar-refractivity contribution in [1.82, 2.24) is 0 Å². The first kappa shape index (κ1) is 31.2. The van der Waals surface area contributed by atoms with Crippen LogP contribution in [0.5, 0.6) is 23.0 Å². The zero-order valence-corrected chi connectivity index (χ0v) is 25.0. The third-order valence-electron chi connectivity index (χ3n) is 9.19. The van der Waals surface area contributed by atoms with Gasteiger partial charge in [0.1, 0.15) is 23.0 Å². The summed E-state index contributed by atoms with van der Waals surface area (Å²) in [6, 6.07) is 7.59. The van der Waals surface area contributed by atoms with E-state index in [2.05, 4.69) is 27.7 Å². The summed E-state index contributed by atoms with van der Waals surface area (Å²) < 4.78 is 0. The molecule has 0 saturated carbocycles. The second kappa shape index (κ2) is 15.4. The summed E-state index contributed by atoms with van der Waals surface area (Å²) in [6.07, 6.45) is 15.4. The number of hydrogen-bond donors (Lipinski definition) is 4. The number of benzene rings is 2. The Labute approximate surface area is 237 Å². The second-order valence-corrected chi connectivity index (χ2v) is 12.3. The maximum Gasteiger partial charge on any atom is 0.123 e. The normalized spacial score (nSPS) is 23.8. The highest BCUT2D eigenvalue weighted by Gasteiger charge is 2.23. The Bertz CT molecular complexity index is 983. The van der Waals surface area contributed by atoms with Crippen LogP contribution in [0.2, 0.25) is 0 Å². The average molecular weight is 539 g/mol. The van der Waals surface area contributed by atoms with Gasteiger partial charge in [-0.3, -0.25) is 0 Å². The van der Waals surface area contributed by atoms with Gasteiger partial charge >= 0.3 is 0 Å². The number of phenols is 4. The molecule has 4 heteroatoms. The van der Waals surface area contributed by atoms with Gasteiger partial charge in [0, 0.05) is 11.1 Å². The molecule has 0 unspecified atom stereocenters. The van der Waals surface area contributed by atoms with Crippen LogP contribution in [-0.4, -0.2) is 20.4 Å². The molecular weight excluding hydrogens is 484 g/mol. The van der Waals surface area contributed by atoms with Crippen LogP contribution in [0.15, 0.2) is 24.3 Å². The molecule has 0 spiro atoms. The first-order chi connectivity index (χ1) is 18.8. The van der Waals surface area contributed by atoms with E-state index < -0.39 is 0 Å². The maximum absolute atomic E-state index is 11.0. The van der Waals surface area contributed by atoms with Gasteiger partial charge in [0.2, 0.25) is 0 Å². The highest BCUT2D eigenvalue weighted by Crippen LogP contribution is 2.44. The molecule has 2 aromatic rings. The lowest BCUT2D eigenvalue weighted by Crippen LogP contribution is -2.04. The molecule has 2 aromatic carbocycles. The third-order valence-corrected chi connectivity index (χ3v) is 9.19. The van der Waals surface area contributed by atoms with Crippen molar-refractivity contribution in [3.8, 4) is 23.0 Å². The van der Waals surface area contributed by atoms with Crippen molar-refractivity contribution in [2.24, 2.45) is 0 Å². The number of unbranched alkanes of at least 4 members (excludes halogenated alkanes) is 1. The van der Waals surface area contributed by atoms with Crippen LogP contribution in [0.1, 0.15) is 170 Å². The highest BCUT2D eigenvalue weighted by molar-refractivity contribution is 5.50. The number of rotatable bonds is 5. The Morgan fingerprint density at radius 1 is 0.538 bits per heavy atom. The van der Waals surface area contributed by atoms with Crippen LogP contribution < -0.4 is 0 Å². The van der Waals surface area contributed by atoms with E-state index in [-0.39, 0.29) is 46.7 Å². The van der Waals surface area contributed by atoms with Crippen molar-refractivity contribution in [2.75, 3.05) is 0 Å². The van der Waals surface area contributed by atoms with Crippen molar-refractivity contribution in [3.63, 3.8) is 0 Å². The molecule has 0 fully saturated rings. The Kier molecular flexibility index (Phi) is 12.3. The molecule has 6 rings (SSSR count). The van der Waals surface area contributed by atoms with Crippen molar-refractivity contribution >= 4 is 0 Å². The monoisotopic (exact) mass is 538 g/mol. The fourth-order valence-electron chi connectivity index (χ4n) is 6.73. The molecule has 4 aliphatic carbocycles. The minimum absolute atomic E-state index is 0.164. The molecular formula is C35H54O4. The number of phenolic OH excluding ortho intramolecular Hbond substituents is 4. The smallest absolute Gasteiger partial charge is 0.123 e. The second-order valence-electron chi connectivity index (χ2n) is 12.3. The number of aromatic hydroxyl groups is 4. The standard InChI is InChI=1S/C35H54O4/c1-5-7-17-27-19-13-9-11-16-24(3)28-20-30(36)34(31(37)21-28)26(14-6-2)18-12-8-10-15-25(4)29-22-32(38)35(27)33(39)23-29/h20-27,36-39H,5-19H2,1-4H3/t24-,25-,26+,27+/m1/s1. The maximum atomic E-state index is 11.0. The first-order valence-electron chi connectivity index (χ1n) is 15.9. The summed E-state index contributed by atoms with van der Waals surface area (Å²) in [7, 11) is 0. The van der Waals surface area contributed by atoms with E-state index in [1.54, 1.807) is 0 Å². The Morgan fingerprint density at radius 2 is 0.923 bits per heavy atom. The largest absolute Gasteiger partial charge is 0.508 e. The molecule has 4 atom stereocenters. The van der Waals surface area contributed by atoms with Crippen molar-refractivity contribution in [3.05, 3.63) is 46.5 Å². The Morgan fingerprint density at radius 3 is 1.31 bits per heavy atom. The van der Waals surface area contributed by atoms with Crippen LogP contribution in [0.25, 0.3) is 0 Å². The predicted molar refractivity (Wildman–Crippen MR) is 162 cm³/mol. The van der Waals surface area contributed by atoms with Crippen LogP contribution in [0, 0.1) is 0 Å². The lowest BCUT2D eigenvalue weighted by molar-refractivity contribution is 0.404. The zero-order chi connectivity index (χ0) is 28.4. The summed E-state index contributed by atoms with van der Waals surface area (Å²) in [5.41, 5.74) is 3.49. The molecule has 0 radical (unpaired) electrons. The lowest BCUT2D eigenvalue weighted by Gasteiger charge is -2.23. The molecule has 0 aliphatic heterocycles. The highest BCUT2D eigenvalue weighted by atomic mass is 16.3. The molecule has 39 heavy (non-hydrogen) atoms. The van der Waals surface area contributed by atoms with Gasteiger partial charge in [-0.25, -0.2) is 0 Å². The van der Waals surface area contributed by atoms with E-state index in [1.807, 2.05) is 24.3 Å². The molecule has 0 heterocycles. The van der Waals surface area contributed by atoms with Gasteiger partial charge < -0.3 is 20.4 Å². The van der Waals surface area contributed by atoms with Crippen LogP contribution in [0.4, 0.5) is 0 Å². The van der Waals surface area contributed by atoms with E-state index >= 15 is 0 Å². The van der Waals surface area contributed by atoms with Crippen molar-refractivity contribution in [1.29, 1.82) is 0 Å². The number of hydrogen-bond acceptors (Lipinski definition) is 4. The van der Waals surface area contributed by atoms with Gasteiger partial charge in [-0.05, 0) is 97.6 Å². The van der Waals surface area contributed by atoms with E-state index in [0.29, 0.717) is 0 Å². The van der Waals surface area contributed by atoms with E-state index in [1.165, 1.54) is 0 Å². The fraction of sp³-hybridized carbons (Fsp3) is 0.657. The summed E-state index contributed by atoms with van der Waals surface area (Å²) in [5, 5.41) is 44.1. The van der Waals surface area contributed by atoms with Gasteiger partial charge in [-0.15, -0.1) is 0 Å². The molecule has 0 saturated heterocycles. The lowest BCUT2D eigenvalue weighted by atomic mass is 9.84. The minimum Gasteiger partial charge on any atom is -0.508 e.